The maximum absolute atomic E-state index is 11.2. The Kier molecular flexibility index (Phi) is 35.9. The van der Waals surface area contributed by atoms with Gasteiger partial charge in [-0.3, -0.25) is 0 Å². The zero-order valence-electron chi connectivity index (χ0n) is 53.7. The molecule has 6 aliphatic rings. The zero-order chi connectivity index (χ0) is 70.5. The number of ether oxygens (including phenoxy) is 12. The Hall–Kier alpha value is -0.833. The molecule has 33 nitrogen and oxygen atoms in total. The molecule has 97 heavy (non-hydrogen) atoms. The molecular weight excluding hydrogens is 1370 g/mol. The van der Waals surface area contributed by atoms with E-state index in [0.29, 0.717) is 36.5 Å². The Labute approximate surface area is 575 Å². The molecule has 21 N–H and O–H groups in total. The van der Waals surface area contributed by atoms with Gasteiger partial charge in [-0.1, -0.05) is 53.7 Å². The topological polar surface area (TPSA) is 536 Å². The quantitative estimate of drug-likeness (QED) is 0.0214. The normalized spacial score (nSPS) is 40.7. The van der Waals surface area contributed by atoms with Crippen molar-refractivity contribution in [1.82, 2.24) is 0 Å². The molecule has 30 atom stereocenters. The minimum Gasteiger partial charge on any atom is -0.394 e. The molecule has 1 aromatic carbocycles. The first kappa shape index (κ1) is 83.4. The fourth-order valence-corrected chi connectivity index (χ4v) is 21.1. The number of hydrogen-bond donors (Lipinski definition) is 21. The largest absolute Gasteiger partial charge is 0.394 e. The fourth-order valence-electron chi connectivity index (χ4n) is 12.6. The van der Waals surface area contributed by atoms with Gasteiger partial charge in [0.05, 0.1) is 67.5 Å². The van der Waals surface area contributed by atoms with Gasteiger partial charge in [0, 0.05) is 0 Å². The standard InChI is InChI=1S/C60H104O33S3Si/c61-24-31-37(67)43(73)46(76)58(88-31)91-52-40(70)34(27-64)85-55(49(52)79)82-12-4-15-94-18-7-21-97(30-10-2-1-3-11-30,22-8-19-95-16-5-13-83-56-50(80)53(41(71)35(28-65)86-56)92-59-47(77)44(74)38(68)32(25-62)89-59)23-9-20-96-17-6-14-84-57-51(81)54(42(72)36(29-66)87-57)93-60-48(78)45(75)39(69)33(26-63)90-60/h1-3,10-11,31-81H,4-9,12-29H2/t31-,32-,33-,34-,35-,36-,37-,38-,39-,40-,41-,42-,43+,44+,45+,46+,47+,48+,49+,50+,51+,52+,53+,54+,55+,56+,57+,58-,59-,60-/m1/s1. The molecule has 0 unspecified atom stereocenters. The van der Waals surface area contributed by atoms with E-state index in [9.17, 15) is 107 Å². The van der Waals surface area contributed by atoms with E-state index in [-0.39, 0.29) is 19.8 Å². The van der Waals surface area contributed by atoms with Crippen LogP contribution >= 0.6 is 35.3 Å². The van der Waals surface area contributed by atoms with Crippen molar-refractivity contribution in [2.75, 3.05) is 94.0 Å². The van der Waals surface area contributed by atoms with Gasteiger partial charge in [-0.05, 0) is 73.0 Å². The highest BCUT2D eigenvalue weighted by Crippen LogP contribution is 2.35. The van der Waals surface area contributed by atoms with Crippen molar-refractivity contribution >= 4 is 48.5 Å². The lowest BCUT2D eigenvalue weighted by molar-refractivity contribution is -0.360. The Bertz CT molecular complexity index is 2100. The van der Waals surface area contributed by atoms with Crippen molar-refractivity contribution in [3.05, 3.63) is 30.3 Å². The maximum Gasteiger partial charge on any atom is 0.187 e. The first-order valence-corrected chi connectivity index (χ1v) is 39.1. The summed E-state index contributed by atoms with van der Waals surface area (Å²) in [5, 5.41) is 220. The zero-order valence-corrected chi connectivity index (χ0v) is 57.1. The van der Waals surface area contributed by atoms with Gasteiger partial charge in [0.2, 0.25) is 0 Å². The van der Waals surface area contributed by atoms with Crippen molar-refractivity contribution in [3.63, 3.8) is 0 Å². The molecule has 0 aromatic heterocycles. The minimum absolute atomic E-state index is 0.106. The van der Waals surface area contributed by atoms with Gasteiger partial charge >= 0.3 is 0 Å². The van der Waals surface area contributed by atoms with Gasteiger partial charge in [-0.2, -0.15) is 35.3 Å². The van der Waals surface area contributed by atoms with Crippen LogP contribution in [-0.4, -0.2) is 394 Å². The van der Waals surface area contributed by atoms with Crippen molar-refractivity contribution in [2.45, 2.75) is 241 Å². The summed E-state index contributed by atoms with van der Waals surface area (Å²) in [6.45, 7) is -3.94. The molecule has 6 heterocycles. The van der Waals surface area contributed by atoms with Gasteiger partial charge in [-0.25, -0.2) is 0 Å². The average Bonchev–Trinajstić information content (AvgIpc) is 0.834. The van der Waals surface area contributed by atoms with Crippen LogP contribution in [0.2, 0.25) is 18.1 Å². The van der Waals surface area contributed by atoms with Crippen molar-refractivity contribution < 1.29 is 164 Å². The monoisotopic (exact) mass is 1480 g/mol. The fraction of sp³-hybridized carbons (Fsp3) is 0.900. The van der Waals surface area contributed by atoms with E-state index < -0.39 is 232 Å². The smallest absolute Gasteiger partial charge is 0.187 e. The van der Waals surface area contributed by atoms with E-state index in [4.69, 9.17) is 56.8 Å². The lowest BCUT2D eigenvalue weighted by Gasteiger charge is -2.45. The SMILES string of the molecule is OC[C@H]1O[C@H](O[C@@H]2[C@H](O)[C@@H](OCCCSCCC[Si](CCCSCCCO[C@H]3O[C@H](CO)[C@@H](O)[C@H](O[C@H]4O[C@H](CO)[C@@H](O)[C@H](O)[C@@H]4O)[C@@H]3O)(CCCSCCCO[C@H]3O[C@H](CO)[C@@H](O)[C@H](O[C@H]4O[C@H](CO)[C@@H](O)[C@H](O)[C@@H]4O)[C@@H]3O)c3ccccc3)O[C@H](CO)[C@H]2O)[C@@H](O)[C@@H](O)[C@@H]1O. The van der Waals surface area contributed by atoms with Crippen LogP contribution in [0.15, 0.2) is 30.3 Å². The van der Waals surface area contributed by atoms with Crippen molar-refractivity contribution in [1.29, 1.82) is 0 Å². The maximum atomic E-state index is 11.2. The summed E-state index contributed by atoms with van der Waals surface area (Å²) in [4.78, 5) is 0. The summed E-state index contributed by atoms with van der Waals surface area (Å²) in [6, 6.07) is 13.4. The van der Waals surface area contributed by atoms with E-state index in [1.807, 2.05) is 6.07 Å². The highest BCUT2D eigenvalue weighted by molar-refractivity contribution is 7.99. The molecule has 0 saturated carbocycles. The van der Waals surface area contributed by atoms with Crippen LogP contribution in [-0.2, 0) is 56.8 Å². The predicted octanol–water partition coefficient (Wildman–Crippen LogP) is -8.20. The van der Waals surface area contributed by atoms with Crippen LogP contribution in [0.25, 0.3) is 0 Å². The highest BCUT2D eigenvalue weighted by Gasteiger charge is 2.55. The molecule has 0 bridgehead atoms. The first-order chi connectivity index (χ1) is 46.6. The highest BCUT2D eigenvalue weighted by atomic mass is 32.2. The summed E-state index contributed by atoms with van der Waals surface area (Å²) in [5.74, 6) is 4.45. The second-order valence-corrected chi connectivity index (χ2v) is 33.3. The molecule has 0 spiro atoms. The molecule has 1 aromatic rings. The summed E-state index contributed by atoms with van der Waals surface area (Å²) in [6.07, 6.45) is -43.0. The summed E-state index contributed by atoms with van der Waals surface area (Å²) < 4.78 is 68.1. The van der Waals surface area contributed by atoms with Gasteiger partial charge in [0.15, 0.2) is 37.7 Å². The van der Waals surface area contributed by atoms with Crippen molar-refractivity contribution in [3.8, 4) is 0 Å². The van der Waals surface area contributed by atoms with Crippen LogP contribution < -0.4 is 5.19 Å². The molecule has 37 heteroatoms. The molecule has 6 fully saturated rings. The molecule has 564 valence electrons. The molecule has 0 radical (unpaired) electrons. The lowest BCUT2D eigenvalue weighted by Crippen LogP contribution is -2.64. The van der Waals surface area contributed by atoms with E-state index >= 15 is 0 Å². The van der Waals surface area contributed by atoms with Gasteiger partial charge < -0.3 is 164 Å². The number of hydrogen-bond acceptors (Lipinski definition) is 36. The van der Waals surface area contributed by atoms with Crippen LogP contribution in [0.1, 0.15) is 38.5 Å². The van der Waals surface area contributed by atoms with Crippen LogP contribution in [0.3, 0.4) is 0 Å². The second-order valence-electron chi connectivity index (χ2n) is 25.0. The van der Waals surface area contributed by atoms with Crippen LogP contribution in [0.4, 0.5) is 0 Å². The molecule has 0 amide bonds. The van der Waals surface area contributed by atoms with E-state index in [1.54, 1.807) is 35.3 Å². The third kappa shape index (κ3) is 22.1. The summed E-state index contributed by atoms with van der Waals surface area (Å²) in [5.41, 5.74) is 0. The van der Waals surface area contributed by atoms with E-state index in [1.165, 1.54) is 5.19 Å². The number of rotatable bonds is 40. The molecular formula is C60H104O33S3Si. The Balaban J connectivity index is 0.904. The molecule has 6 saturated heterocycles. The minimum atomic E-state index is -2.25. The first-order valence-electron chi connectivity index (χ1n) is 33.0. The van der Waals surface area contributed by atoms with E-state index in [2.05, 4.69) is 24.3 Å². The third-order valence-electron chi connectivity index (χ3n) is 18.2. The number of benzene rings is 1. The predicted molar refractivity (Wildman–Crippen MR) is 343 cm³/mol. The van der Waals surface area contributed by atoms with E-state index in [0.717, 1.165) is 54.7 Å². The summed E-state index contributed by atoms with van der Waals surface area (Å²) in [7, 11) is -2.25. The number of thioether (sulfide) groups is 3. The van der Waals surface area contributed by atoms with Crippen LogP contribution in [0.5, 0.6) is 0 Å². The Morgan fingerprint density at radius 1 is 0.289 bits per heavy atom. The third-order valence-corrected chi connectivity index (χ3v) is 27.2. The van der Waals surface area contributed by atoms with Gasteiger partial charge in [-0.15, -0.1) is 0 Å². The lowest BCUT2D eigenvalue weighted by atomic mass is 9.97. The molecule has 6 aliphatic heterocycles. The number of aliphatic hydroxyl groups excluding tert-OH is 21. The number of aliphatic hydroxyl groups is 21. The second kappa shape index (κ2) is 41.8. The van der Waals surface area contributed by atoms with Crippen molar-refractivity contribution in [2.24, 2.45) is 0 Å². The van der Waals surface area contributed by atoms with Crippen LogP contribution in [0, 0.1) is 0 Å². The average molecular weight is 1480 g/mol. The van der Waals surface area contributed by atoms with Gasteiger partial charge in [0.25, 0.3) is 0 Å². The Morgan fingerprint density at radius 3 is 0.804 bits per heavy atom. The van der Waals surface area contributed by atoms with Gasteiger partial charge in [0.1, 0.15) is 146 Å². The Morgan fingerprint density at radius 2 is 0.536 bits per heavy atom. The summed E-state index contributed by atoms with van der Waals surface area (Å²) >= 11 is 5.18. The molecule has 7 rings (SSSR count). The molecule has 0 aliphatic carbocycles.